The highest BCUT2D eigenvalue weighted by Gasteiger charge is 2.14. The molecule has 0 amide bonds. The van der Waals surface area contributed by atoms with E-state index in [0.717, 1.165) is 11.1 Å². The van der Waals surface area contributed by atoms with Gasteiger partial charge in [-0.1, -0.05) is 24.3 Å². The lowest BCUT2D eigenvalue weighted by Gasteiger charge is -2.15. The molecule has 0 radical (unpaired) electrons. The Labute approximate surface area is 95.0 Å². The summed E-state index contributed by atoms with van der Waals surface area (Å²) in [5.41, 5.74) is 0.933. The minimum absolute atomic E-state index is 0.115. The van der Waals surface area contributed by atoms with Crippen LogP contribution >= 0.6 is 0 Å². The van der Waals surface area contributed by atoms with Gasteiger partial charge in [0.2, 0.25) is 0 Å². The van der Waals surface area contributed by atoms with Crippen molar-refractivity contribution in [2.24, 2.45) is 0 Å². The maximum Gasteiger partial charge on any atom is 0.123 e. The number of aromatic nitrogens is 1. The lowest BCUT2D eigenvalue weighted by Crippen LogP contribution is -2.10. The quantitative estimate of drug-likeness (QED) is 0.788. The molecule has 0 aliphatic heterocycles. The highest BCUT2D eigenvalue weighted by atomic mass is 16.5. The predicted octanol–water partition coefficient (Wildman–Crippen LogP) is 2.57. The van der Waals surface area contributed by atoms with Gasteiger partial charge in [0.15, 0.2) is 0 Å². The molecule has 1 aromatic carbocycles. The van der Waals surface area contributed by atoms with Crippen molar-refractivity contribution in [1.29, 1.82) is 0 Å². The zero-order valence-electron chi connectivity index (χ0n) is 9.51. The predicted molar refractivity (Wildman–Crippen MR) is 63.4 cm³/mol. The lowest BCUT2D eigenvalue weighted by molar-refractivity contribution is 0.0259. The molecule has 1 heterocycles. The van der Waals surface area contributed by atoms with Gasteiger partial charge in [-0.25, -0.2) is 0 Å². The normalized spacial score (nSPS) is 12.9. The fourth-order valence-electron chi connectivity index (χ4n) is 1.81. The van der Waals surface area contributed by atoms with Gasteiger partial charge in [-0.2, -0.15) is 0 Å². The summed E-state index contributed by atoms with van der Waals surface area (Å²) in [6.07, 6.45) is 1.69. The topological polar surface area (TPSA) is 31.4 Å². The summed E-state index contributed by atoms with van der Waals surface area (Å²) in [5.74, 6) is 0. The molecule has 0 aliphatic carbocycles. The van der Waals surface area contributed by atoms with Crippen LogP contribution in [-0.2, 0) is 9.47 Å². The van der Waals surface area contributed by atoms with E-state index in [1.807, 2.05) is 18.2 Å². The van der Waals surface area contributed by atoms with E-state index in [9.17, 15) is 0 Å². The van der Waals surface area contributed by atoms with Gasteiger partial charge >= 0.3 is 0 Å². The van der Waals surface area contributed by atoms with Crippen molar-refractivity contribution in [3.63, 3.8) is 0 Å². The number of rotatable bonds is 4. The molecule has 0 bridgehead atoms. The summed E-state index contributed by atoms with van der Waals surface area (Å²) >= 11 is 0. The Morgan fingerprint density at radius 3 is 2.75 bits per heavy atom. The van der Waals surface area contributed by atoms with Gasteiger partial charge in [-0.3, -0.25) is 4.98 Å². The minimum Gasteiger partial charge on any atom is -0.382 e. The van der Waals surface area contributed by atoms with E-state index in [1.165, 1.54) is 5.39 Å². The Morgan fingerprint density at radius 1 is 1.19 bits per heavy atom. The van der Waals surface area contributed by atoms with Crippen LogP contribution in [0, 0.1) is 0 Å². The second kappa shape index (κ2) is 5.05. The summed E-state index contributed by atoms with van der Waals surface area (Å²) in [6.45, 7) is 0.511. The van der Waals surface area contributed by atoms with Gasteiger partial charge in [-0.15, -0.1) is 0 Å². The fourth-order valence-corrected chi connectivity index (χ4v) is 1.81. The average molecular weight is 217 g/mol. The fraction of sp³-hybridized carbons (Fsp3) is 0.308. The van der Waals surface area contributed by atoms with Crippen molar-refractivity contribution < 1.29 is 9.47 Å². The van der Waals surface area contributed by atoms with Crippen LogP contribution in [0.4, 0.5) is 0 Å². The van der Waals surface area contributed by atoms with Crippen molar-refractivity contribution >= 4 is 10.8 Å². The third-order valence-corrected chi connectivity index (χ3v) is 2.61. The summed E-state index contributed by atoms with van der Waals surface area (Å²) in [5, 5.41) is 2.29. The van der Waals surface area contributed by atoms with Crippen molar-refractivity contribution in [2.45, 2.75) is 6.10 Å². The zero-order valence-corrected chi connectivity index (χ0v) is 9.51. The number of ether oxygens (including phenoxy) is 2. The second-order valence-corrected chi connectivity index (χ2v) is 3.60. The molecule has 0 fully saturated rings. The Balaban J connectivity index is 2.50. The molecule has 0 spiro atoms. The minimum atomic E-state index is -0.115. The third kappa shape index (κ3) is 2.05. The lowest BCUT2D eigenvalue weighted by atomic mass is 10.1. The van der Waals surface area contributed by atoms with Gasteiger partial charge in [0.25, 0.3) is 0 Å². The Hall–Kier alpha value is -1.45. The monoisotopic (exact) mass is 217 g/mol. The summed E-state index contributed by atoms with van der Waals surface area (Å²) in [4.78, 5) is 4.39. The Kier molecular flexibility index (Phi) is 3.49. The largest absolute Gasteiger partial charge is 0.382 e. The molecule has 0 saturated carbocycles. The van der Waals surface area contributed by atoms with Crippen LogP contribution in [-0.4, -0.2) is 25.8 Å². The molecule has 1 atom stereocenters. The van der Waals surface area contributed by atoms with Crippen LogP contribution in [0.2, 0.25) is 0 Å². The van der Waals surface area contributed by atoms with Gasteiger partial charge in [0, 0.05) is 25.8 Å². The number of pyridine rings is 1. The molecule has 0 aliphatic rings. The second-order valence-electron chi connectivity index (χ2n) is 3.60. The Bertz CT molecular complexity index is 465. The first-order valence-electron chi connectivity index (χ1n) is 5.22. The number of nitrogens with zero attached hydrogens (tertiary/aromatic N) is 1. The first-order chi connectivity index (χ1) is 7.86. The van der Waals surface area contributed by atoms with E-state index >= 15 is 0 Å². The average Bonchev–Trinajstić information content (AvgIpc) is 2.35. The van der Waals surface area contributed by atoms with Crippen molar-refractivity contribution in [2.75, 3.05) is 20.8 Å². The molecule has 84 valence electrons. The highest BCUT2D eigenvalue weighted by Crippen LogP contribution is 2.23. The van der Waals surface area contributed by atoms with Crippen molar-refractivity contribution in [3.8, 4) is 0 Å². The summed E-state index contributed by atoms with van der Waals surface area (Å²) in [7, 11) is 3.34. The van der Waals surface area contributed by atoms with E-state index in [2.05, 4.69) is 17.1 Å². The van der Waals surface area contributed by atoms with Crippen LogP contribution in [0.3, 0.4) is 0 Å². The first kappa shape index (κ1) is 11.0. The molecule has 2 rings (SSSR count). The van der Waals surface area contributed by atoms with Gasteiger partial charge < -0.3 is 9.47 Å². The maximum absolute atomic E-state index is 5.40. The van der Waals surface area contributed by atoms with Gasteiger partial charge in [-0.05, 0) is 11.5 Å². The molecule has 0 unspecified atom stereocenters. The maximum atomic E-state index is 5.40. The molecular weight excluding hydrogens is 202 g/mol. The van der Waals surface area contributed by atoms with Crippen LogP contribution in [0.1, 0.15) is 11.8 Å². The van der Waals surface area contributed by atoms with Crippen LogP contribution in [0.5, 0.6) is 0 Å². The number of methoxy groups -OCH3 is 2. The van der Waals surface area contributed by atoms with Gasteiger partial charge in [0.1, 0.15) is 6.10 Å². The molecular formula is C13H15NO2. The SMILES string of the molecule is COC[C@H](OC)c1nccc2ccccc12. The van der Waals surface area contributed by atoms with E-state index in [-0.39, 0.29) is 6.10 Å². The number of hydrogen-bond donors (Lipinski definition) is 0. The highest BCUT2D eigenvalue weighted by molar-refractivity contribution is 5.84. The Morgan fingerprint density at radius 2 is 2.00 bits per heavy atom. The number of fused-ring (bicyclic) bond motifs is 1. The van der Waals surface area contributed by atoms with Gasteiger partial charge in [0.05, 0.1) is 12.3 Å². The van der Waals surface area contributed by atoms with Crippen molar-refractivity contribution in [1.82, 2.24) is 4.98 Å². The van der Waals surface area contributed by atoms with Crippen LogP contribution in [0.15, 0.2) is 36.5 Å². The van der Waals surface area contributed by atoms with E-state index < -0.39 is 0 Å². The zero-order chi connectivity index (χ0) is 11.4. The van der Waals surface area contributed by atoms with E-state index in [4.69, 9.17) is 9.47 Å². The number of hydrogen-bond acceptors (Lipinski definition) is 3. The molecule has 1 aromatic heterocycles. The standard InChI is InChI=1S/C13H15NO2/c1-15-9-12(16-2)13-11-6-4-3-5-10(11)7-8-14-13/h3-8,12H,9H2,1-2H3/t12-/m0/s1. The molecule has 0 saturated heterocycles. The van der Waals surface area contributed by atoms with Crippen LogP contribution in [0.25, 0.3) is 10.8 Å². The molecule has 3 nitrogen and oxygen atoms in total. The summed E-state index contributed by atoms with van der Waals surface area (Å²) < 4.78 is 10.5. The van der Waals surface area contributed by atoms with E-state index in [0.29, 0.717) is 6.61 Å². The smallest absolute Gasteiger partial charge is 0.123 e. The molecule has 16 heavy (non-hydrogen) atoms. The molecule has 2 aromatic rings. The van der Waals surface area contributed by atoms with E-state index in [1.54, 1.807) is 20.4 Å². The van der Waals surface area contributed by atoms with Crippen molar-refractivity contribution in [3.05, 3.63) is 42.2 Å². The summed E-state index contributed by atoms with van der Waals surface area (Å²) in [6, 6.07) is 10.1. The van der Waals surface area contributed by atoms with Crippen LogP contribution < -0.4 is 0 Å². The molecule has 0 N–H and O–H groups in total. The molecule has 3 heteroatoms. The third-order valence-electron chi connectivity index (χ3n) is 2.61. The first-order valence-corrected chi connectivity index (χ1v) is 5.22. The number of benzene rings is 1.